The minimum absolute atomic E-state index is 0.00199. The van der Waals surface area contributed by atoms with Crippen LogP contribution in [-0.4, -0.2) is 43.9 Å². The summed E-state index contributed by atoms with van der Waals surface area (Å²) in [6, 6.07) is 0. The van der Waals surface area contributed by atoms with Crippen molar-refractivity contribution in [3.8, 4) is 0 Å². The molecule has 0 aliphatic carbocycles. The lowest BCUT2D eigenvalue weighted by Gasteiger charge is -2.32. The van der Waals surface area contributed by atoms with E-state index in [1.807, 2.05) is 14.0 Å². The first-order valence-corrected chi connectivity index (χ1v) is 5.33. The molecular formula is C11H19NO3. The van der Waals surface area contributed by atoms with E-state index in [2.05, 4.69) is 9.64 Å². The number of hydrogen-bond donors (Lipinski definition) is 0. The van der Waals surface area contributed by atoms with E-state index in [9.17, 15) is 9.59 Å². The predicted octanol–water partition coefficient (Wildman–Crippen LogP) is 0.706. The van der Waals surface area contributed by atoms with E-state index >= 15 is 0 Å². The first kappa shape index (κ1) is 12.2. The quantitative estimate of drug-likeness (QED) is 0.648. The molecule has 4 nitrogen and oxygen atoms in total. The topological polar surface area (TPSA) is 46.6 Å². The van der Waals surface area contributed by atoms with Gasteiger partial charge in [-0.05, 0) is 13.5 Å². The number of ketones is 1. The van der Waals surface area contributed by atoms with E-state index in [-0.39, 0.29) is 23.6 Å². The van der Waals surface area contributed by atoms with Crippen molar-refractivity contribution in [3.63, 3.8) is 0 Å². The van der Waals surface area contributed by atoms with Crippen LogP contribution < -0.4 is 0 Å². The number of carbonyl (C=O) groups is 2. The molecular weight excluding hydrogens is 194 g/mol. The van der Waals surface area contributed by atoms with Gasteiger partial charge in [-0.1, -0.05) is 6.92 Å². The number of rotatable bonds is 3. The molecule has 0 aromatic heterocycles. The molecule has 1 aliphatic heterocycles. The van der Waals surface area contributed by atoms with Crippen molar-refractivity contribution < 1.29 is 14.3 Å². The Hall–Kier alpha value is -0.900. The second kappa shape index (κ2) is 5.26. The van der Waals surface area contributed by atoms with Crippen LogP contribution in [0.25, 0.3) is 0 Å². The van der Waals surface area contributed by atoms with Crippen LogP contribution in [0.15, 0.2) is 0 Å². The lowest BCUT2D eigenvalue weighted by Crippen LogP contribution is -2.44. The molecule has 0 bridgehead atoms. The van der Waals surface area contributed by atoms with E-state index in [1.165, 1.54) is 7.11 Å². The summed E-state index contributed by atoms with van der Waals surface area (Å²) in [5, 5.41) is 0. The van der Waals surface area contributed by atoms with Crippen LogP contribution in [0.4, 0.5) is 0 Å². The number of likely N-dealkylation sites (tertiary alicyclic amines) is 1. The van der Waals surface area contributed by atoms with Gasteiger partial charge >= 0.3 is 5.97 Å². The highest BCUT2D eigenvalue weighted by Gasteiger charge is 2.30. The summed E-state index contributed by atoms with van der Waals surface area (Å²) in [6.07, 6.45) is 0.952. The molecule has 0 radical (unpaired) electrons. The summed E-state index contributed by atoms with van der Waals surface area (Å²) < 4.78 is 4.57. The predicted molar refractivity (Wildman–Crippen MR) is 56.4 cm³/mol. The lowest BCUT2D eigenvalue weighted by molar-refractivity contribution is -0.141. The maximum absolute atomic E-state index is 11.8. The van der Waals surface area contributed by atoms with Crippen LogP contribution in [-0.2, 0) is 14.3 Å². The average Bonchev–Trinajstić information content (AvgIpc) is 2.20. The fourth-order valence-electron chi connectivity index (χ4n) is 2.13. The van der Waals surface area contributed by atoms with Crippen LogP contribution in [0.5, 0.6) is 0 Å². The number of piperidine rings is 1. The number of carbonyl (C=O) groups excluding carboxylic acids is 2. The number of hydrogen-bond acceptors (Lipinski definition) is 4. The smallest absolute Gasteiger partial charge is 0.305 e. The molecule has 1 fully saturated rings. The Morgan fingerprint density at radius 1 is 1.53 bits per heavy atom. The molecule has 1 rings (SSSR count). The normalized spacial score (nSPS) is 27.8. The Labute approximate surface area is 90.6 Å². The molecule has 1 heterocycles. The highest BCUT2D eigenvalue weighted by atomic mass is 16.5. The first-order valence-electron chi connectivity index (χ1n) is 5.33. The molecule has 15 heavy (non-hydrogen) atoms. The Kier molecular flexibility index (Phi) is 4.27. The van der Waals surface area contributed by atoms with Gasteiger partial charge in [-0.25, -0.2) is 0 Å². The zero-order valence-electron chi connectivity index (χ0n) is 9.66. The fourth-order valence-corrected chi connectivity index (χ4v) is 2.13. The minimum Gasteiger partial charge on any atom is -0.469 e. The highest BCUT2D eigenvalue weighted by Crippen LogP contribution is 2.20. The zero-order chi connectivity index (χ0) is 11.4. The molecule has 0 aromatic rings. The number of Topliss-reactive ketones (excluding diaryl/α,β-unsaturated/α-hetero) is 1. The molecule has 0 spiro atoms. The Balaban J connectivity index is 2.45. The standard InChI is InChI=1S/C11H19NO3/c1-8-6-12(2)7-9(11(8)14)4-5-10(13)15-3/h8-9H,4-7H2,1-3H3. The molecule has 2 atom stereocenters. The maximum atomic E-state index is 11.8. The summed E-state index contributed by atoms with van der Waals surface area (Å²) in [6.45, 7) is 3.54. The minimum atomic E-state index is -0.233. The van der Waals surface area contributed by atoms with Crippen molar-refractivity contribution in [2.45, 2.75) is 19.8 Å². The molecule has 2 unspecified atom stereocenters. The van der Waals surface area contributed by atoms with Crippen LogP contribution >= 0.6 is 0 Å². The summed E-state index contributed by atoms with van der Waals surface area (Å²) in [4.78, 5) is 24.9. The summed E-state index contributed by atoms with van der Waals surface area (Å²) >= 11 is 0. The monoisotopic (exact) mass is 213 g/mol. The molecule has 1 aliphatic rings. The third kappa shape index (κ3) is 3.30. The van der Waals surface area contributed by atoms with Gasteiger partial charge in [0, 0.05) is 31.3 Å². The van der Waals surface area contributed by atoms with Crippen molar-refractivity contribution >= 4 is 11.8 Å². The number of ether oxygens (including phenoxy) is 1. The van der Waals surface area contributed by atoms with Gasteiger partial charge in [-0.15, -0.1) is 0 Å². The summed E-state index contributed by atoms with van der Waals surface area (Å²) in [7, 11) is 3.38. The third-order valence-corrected chi connectivity index (χ3v) is 2.93. The van der Waals surface area contributed by atoms with Crippen LogP contribution in [0.2, 0.25) is 0 Å². The van der Waals surface area contributed by atoms with Crippen molar-refractivity contribution in [1.82, 2.24) is 4.90 Å². The highest BCUT2D eigenvalue weighted by molar-refractivity contribution is 5.84. The van der Waals surface area contributed by atoms with Gasteiger partial charge in [-0.2, -0.15) is 0 Å². The van der Waals surface area contributed by atoms with E-state index in [0.29, 0.717) is 12.8 Å². The van der Waals surface area contributed by atoms with Crippen molar-refractivity contribution in [2.75, 3.05) is 27.2 Å². The number of methoxy groups -OCH3 is 1. The van der Waals surface area contributed by atoms with Crippen molar-refractivity contribution in [1.29, 1.82) is 0 Å². The van der Waals surface area contributed by atoms with Gasteiger partial charge in [-0.3, -0.25) is 9.59 Å². The molecule has 0 saturated carbocycles. The lowest BCUT2D eigenvalue weighted by atomic mass is 9.86. The van der Waals surface area contributed by atoms with Gasteiger partial charge in [0.25, 0.3) is 0 Å². The molecule has 86 valence electrons. The Morgan fingerprint density at radius 3 is 2.80 bits per heavy atom. The van der Waals surface area contributed by atoms with Gasteiger partial charge in [0.1, 0.15) is 5.78 Å². The number of esters is 1. The SMILES string of the molecule is COC(=O)CCC1CN(C)CC(C)C1=O. The molecule has 1 saturated heterocycles. The first-order chi connectivity index (χ1) is 7.04. The van der Waals surface area contributed by atoms with Crippen molar-refractivity contribution in [3.05, 3.63) is 0 Å². The van der Waals surface area contributed by atoms with Crippen LogP contribution in [0, 0.1) is 11.8 Å². The Morgan fingerprint density at radius 2 is 2.20 bits per heavy atom. The van der Waals surface area contributed by atoms with Gasteiger partial charge in [0.05, 0.1) is 7.11 Å². The van der Waals surface area contributed by atoms with Gasteiger partial charge < -0.3 is 9.64 Å². The third-order valence-electron chi connectivity index (χ3n) is 2.93. The molecule has 0 amide bonds. The zero-order valence-corrected chi connectivity index (χ0v) is 9.66. The molecule has 0 N–H and O–H groups in total. The molecule has 4 heteroatoms. The van der Waals surface area contributed by atoms with Crippen molar-refractivity contribution in [2.24, 2.45) is 11.8 Å². The van der Waals surface area contributed by atoms with Gasteiger partial charge in [0.15, 0.2) is 0 Å². The maximum Gasteiger partial charge on any atom is 0.305 e. The van der Waals surface area contributed by atoms with Crippen LogP contribution in [0.1, 0.15) is 19.8 Å². The summed E-state index contributed by atoms with van der Waals surface area (Å²) in [5.41, 5.74) is 0. The fraction of sp³-hybridized carbons (Fsp3) is 0.818. The van der Waals surface area contributed by atoms with E-state index < -0.39 is 0 Å². The largest absolute Gasteiger partial charge is 0.469 e. The van der Waals surface area contributed by atoms with E-state index in [4.69, 9.17) is 0 Å². The average molecular weight is 213 g/mol. The van der Waals surface area contributed by atoms with Gasteiger partial charge in [0.2, 0.25) is 0 Å². The van der Waals surface area contributed by atoms with E-state index in [0.717, 1.165) is 13.1 Å². The van der Waals surface area contributed by atoms with E-state index in [1.54, 1.807) is 0 Å². The second-order valence-corrected chi connectivity index (χ2v) is 4.34. The number of nitrogens with zero attached hydrogens (tertiary/aromatic N) is 1. The van der Waals surface area contributed by atoms with Crippen LogP contribution in [0.3, 0.4) is 0 Å². The second-order valence-electron chi connectivity index (χ2n) is 4.34. The molecule has 0 aromatic carbocycles. The Bertz CT molecular complexity index is 252. The summed E-state index contributed by atoms with van der Waals surface area (Å²) in [5.74, 6) is 0.143.